The van der Waals surface area contributed by atoms with Crippen molar-refractivity contribution in [3.63, 3.8) is 0 Å². The smallest absolute Gasteiger partial charge is 0.219 e. The first-order valence-corrected chi connectivity index (χ1v) is 6.31. The van der Waals surface area contributed by atoms with Crippen LogP contribution in [0.3, 0.4) is 0 Å². The highest BCUT2D eigenvalue weighted by molar-refractivity contribution is 6.30. The second kappa shape index (κ2) is 5.47. The SMILES string of the molecule is Clc1ccc(Oc2ccc(OCC3CO3)cc2)nc1. The van der Waals surface area contributed by atoms with E-state index in [9.17, 15) is 0 Å². The molecule has 1 saturated heterocycles. The standard InChI is InChI=1S/C14H12ClNO3/c15-10-1-6-14(16-7-10)19-12-4-2-11(3-5-12)17-8-13-9-18-13/h1-7,13H,8-9H2. The summed E-state index contributed by atoms with van der Waals surface area (Å²) in [7, 11) is 0. The molecule has 98 valence electrons. The van der Waals surface area contributed by atoms with Gasteiger partial charge in [-0.1, -0.05) is 11.6 Å². The van der Waals surface area contributed by atoms with Gasteiger partial charge in [0.2, 0.25) is 5.88 Å². The van der Waals surface area contributed by atoms with Crippen LogP contribution < -0.4 is 9.47 Å². The summed E-state index contributed by atoms with van der Waals surface area (Å²) in [6.45, 7) is 1.39. The van der Waals surface area contributed by atoms with Gasteiger partial charge in [-0.3, -0.25) is 0 Å². The Balaban J connectivity index is 1.59. The lowest BCUT2D eigenvalue weighted by Crippen LogP contribution is -2.03. The molecule has 0 aliphatic carbocycles. The molecule has 0 N–H and O–H groups in total. The average molecular weight is 278 g/mol. The van der Waals surface area contributed by atoms with Gasteiger partial charge in [-0.05, 0) is 30.3 Å². The van der Waals surface area contributed by atoms with Crippen molar-refractivity contribution < 1.29 is 14.2 Å². The molecule has 4 nitrogen and oxygen atoms in total. The number of halogens is 1. The van der Waals surface area contributed by atoms with E-state index in [0.717, 1.165) is 12.4 Å². The van der Waals surface area contributed by atoms with Crippen molar-refractivity contribution in [3.05, 3.63) is 47.6 Å². The Labute approximate surface area is 115 Å². The molecule has 1 aromatic carbocycles. The van der Waals surface area contributed by atoms with Gasteiger partial charge in [-0.15, -0.1) is 0 Å². The maximum absolute atomic E-state index is 5.76. The number of epoxide rings is 1. The lowest BCUT2D eigenvalue weighted by Gasteiger charge is -2.07. The van der Waals surface area contributed by atoms with Crippen LogP contribution in [0.25, 0.3) is 0 Å². The number of pyridine rings is 1. The first-order valence-electron chi connectivity index (χ1n) is 5.93. The van der Waals surface area contributed by atoms with Gasteiger partial charge in [0.25, 0.3) is 0 Å². The molecule has 1 atom stereocenters. The van der Waals surface area contributed by atoms with E-state index in [1.807, 2.05) is 24.3 Å². The Morgan fingerprint density at radius 2 is 1.89 bits per heavy atom. The number of hydrogen-bond donors (Lipinski definition) is 0. The normalized spacial score (nSPS) is 17.0. The first kappa shape index (κ1) is 12.3. The summed E-state index contributed by atoms with van der Waals surface area (Å²) < 4.78 is 16.2. The second-order valence-electron chi connectivity index (χ2n) is 4.15. The minimum Gasteiger partial charge on any atom is -0.491 e. The Bertz CT molecular complexity index is 538. The third kappa shape index (κ3) is 3.59. The number of rotatable bonds is 5. The van der Waals surface area contributed by atoms with Gasteiger partial charge in [0.15, 0.2) is 0 Å². The van der Waals surface area contributed by atoms with E-state index in [1.165, 1.54) is 0 Å². The fourth-order valence-electron chi connectivity index (χ4n) is 1.50. The Kier molecular flexibility index (Phi) is 3.53. The van der Waals surface area contributed by atoms with Crippen molar-refractivity contribution >= 4 is 11.6 Å². The number of benzene rings is 1. The van der Waals surface area contributed by atoms with E-state index in [1.54, 1.807) is 18.3 Å². The predicted molar refractivity (Wildman–Crippen MR) is 71.0 cm³/mol. The van der Waals surface area contributed by atoms with Crippen LogP contribution in [0.15, 0.2) is 42.6 Å². The zero-order chi connectivity index (χ0) is 13.1. The average Bonchev–Trinajstić information content (AvgIpc) is 3.25. The molecule has 2 heterocycles. The van der Waals surface area contributed by atoms with Crippen LogP contribution in [-0.4, -0.2) is 24.3 Å². The van der Waals surface area contributed by atoms with Crippen molar-refractivity contribution in [3.8, 4) is 17.4 Å². The predicted octanol–water partition coefficient (Wildman–Crippen LogP) is 3.30. The quantitative estimate of drug-likeness (QED) is 0.787. The molecule has 19 heavy (non-hydrogen) atoms. The molecule has 0 saturated carbocycles. The van der Waals surface area contributed by atoms with E-state index in [0.29, 0.717) is 23.3 Å². The Morgan fingerprint density at radius 3 is 2.53 bits per heavy atom. The number of nitrogens with zero attached hydrogens (tertiary/aromatic N) is 1. The zero-order valence-corrected chi connectivity index (χ0v) is 10.8. The summed E-state index contributed by atoms with van der Waals surface area (Å²) in [4.78, 5) is 4.06. The monoisotopic (exact) mass is 277 g/mol. The molecule has 0 spiro atoms. The highest BCUT2D eigenvalue weighted by Crippen LogP contribution is 2.23. The van der Waals surface area contributed by atoms with E-state index in [2.05, 4.69) is 4.98 Å². The minimum absolute atomic E-state index is 0.259. The third-order valence-corrected chi connectivity index (χ3v) is 2.81. The van der Waals surface area contributed by atoms with Gasteiger partial charge in [-0.25, -0.2) is 4.98 Å². The summed E-state index contributed by atoms with van der Waals surface area (Å²) in [6, 6.07) is 10.8. The van der Waals surface area contributed by atoms with Gasteiger partial charge in [0.05, 0.1) is 11.6 Å². The summed E-state index contributed by atoms with van der Waals surface area (Å²) in [5.41, 5.74) is 0. The molecule has 1 aromatic heterocycles. The van der Waals surface area contributed by atoms with Gasteiger partial charge in [0, 0.05) is 12.3 Å². The second-order valence-corrected chi connectivity index (χ2v) is 4.59. The van der Waals surface area contributed by atoms with E-state index >= 15 is 0 Å². The molecular weight excluding hydrogens is 266 g/mol. The van der Waals surface area contributed by atoms with Crippen LogP contribution in [0.1, 0.15) is 0 Å². The molecular formula is C14H12ClNO3. The Hall–Kier alpha value is -1.78. The largest absolute Gasteiger partial charge is 0.491 e. The van der Waals surface area contributed by atoms with E-state index in [-0.39, 0.29) is 6.10 Å². The molecule has 3 rings (SSSR count). The highest BCUT2D eigenvalue weighted by Gasteiger charge is 2.22. The molecule has 0 radical (unpaired) electrons. The molecule has 0 bridgehead atoms. The fourth-order valence-corrected chi connectivity index (χ4v) is 1.61. The van der Waals surface area contributed by atoms with Gasteiger partial charge < -0.3 is 14.2 Å². The van der Waals surface area contributed by atoms with Gasteiger partial charge in [-0.2, -0.15) is 0 Å². The number of hydrogen-bond acceptors (Lipinski definition) is 4. The van der Waals surface area contributed by atoms with Crippen LogP contribution in [-0.2, 0) is 4.74 Å². The van der Waals surface area contributed by atoms with Crippen LogP contribution in [0.2, 0.25) is 5.02 Å². The topological polar surface area (TPSA) is 43.9 Å². The van der Waals surface area contributed by atoms with Crippen LogP contribution >= 0.6 is 11.6 Å². The third-order valence-electron chi connectivity index (χ3n) is 2.58. The van der Waals surface area contributed by atoms with Crippen LogP contribution in [0, 0.1) is 0 Å². The summed E-state index contributed by atoms with van der Waals surface area (Å²) in [5.74, 6) is 2.00. The number of aromatic nitrogens is 1. The van der Waals surface area contributed by atoms with Crippen molar-refractivity contribution in [1.29, 1.82) is 0 Å². The molecule has 1 fully saturated rings. The minimum atomic E-state index is 0.259. The van der Waals surface area contributed by atoms with E-state index in [4.69, 9.17) is 25.8 Å². The Morgan fingerprint density at radius 1 is 1.16 bits per heavy atom. The molecule has 2 aromatic rings. The van der Waals surface area contributed by atoms with Crippen LogP contribution in [0.4, 0.5) is 0 Å². The van der Waals surface area contributed by atoms with Gasteiger partial charge >= 0.3 is 0 Å². The van der Waals surface area contributed by atoms with Crippen LogP contribution in [0.5, 0.6) is 17.4 Å². The summed E-state index contributed by atoms with van der Waals surface area (Å²) >= 11 is 5.76. The number of ether oxygens (including phenoxy) is 3. The van der Waals surface area contributed by atoms with Crippen molar-refractivity contribution in [2.24, 2.45) is 0 Å². The zero-order valence-electron chi connectivity index (χ0n) is 10.1. The highest BCUT2D eigenvalue weighted by atomic mass is 35.5. The van der Waals surface area contributed by atoms with Crippen molar-refractivity contribution in [2.45, 2.75) is 6.10 Å². The fraction of sp³-hybridized carbons (Fsp3) is 0.214. The lowest BCUT2D eigenvalue weighted by atomic mass is 10.3. The summed E-state index contributed by atoms with van der Waals surface area (Å²) in [5, 5.41) is 0.582. The van der Waals surface area contributed by atoms with Crippen molar-refractivity contribution in [1.82, 2.24) is 4.98 Å². The molecule has 0 amide bonds. The maximum Gasteiger partial charge on any atom is 0.219 e. The molecule has 5 heteroatoms. The summed E-state index contributed by atoms with van der Waals surface area (Å²) in [6.07, 6.45) is 1.80. The van der Waals surface area contributed by atoms with Crippen molar-refractivity contribution in [2.75, 3.05) is 13.2 Å². The van der Waals surface area contributed by atoms with Gasteiger partial charge in [0.1, 0.15) is 24.2 Å². The molecule has 1 aliphatic heterocycles. The first-order chi connectivity index (χ1) is 9.29. The van der Waals surface area contributed by atoms with E-state index < -0.39 is 0 Å². The lowest BCUT2D eigenvalue weighted by molar-refractivity contribution is 0.263. The molecule has 1 unspecified atom stereocenters. The maximum atomic E-state index is 5.76. The molecule has 1 aliphatic rings.